The van der Waals surface area contributed by atoms with Gasteiger partial charge < -0.3 is 20.7 Å². The smallest absolute Gasteiger partial charge is 0.407 e. The minimum Gasteiger partial charge on any atom is -0.449 e. The number of nitrogens with zero attached hydrogens (tertiary/aromatic N) is 1. The minimum atomic E-state index is -0.796. The fourth-order valence-electron chi connectivity index (χ4n) is 4.54. The average Bonchev–Trinajstić information content (AvgIpc) is 3.20. The largest absolute Gasteiger partial charge is 0.449 e. The predicted molar refractivity (Wildman–Crippen MR) is 146 cm³/mol. The summed E-state index contributed by atoms with van der Waals surface area (Å²) < 4.78 is 5.41. The van der Waals surface area contributed by atoms with E-state index in [0.29, 0.717) is 18.4 Å². The van der Waals surface area contributed by atoms with Crippen molar-refractivity contribution in [2.45, 2.75) is 58.9 Å². The first-order valence-electron chi connectivity index (χ1n) is 13.1. The Kier molecular flexibility index (Phi) is 9.89. The number of carbonyl (C=O) groups is 3. The van der Waals surface area contributed by atoms with Crippen molar-refractivity contribution in [1.82, 2.24) is 16.0 Å². The number of nitriles is 1. The van der Waals surface area contributed by atoms with Crippen molar-refractivity contribution in [3.8, 4) is 17.2 Å². The second kappa shape index (κ2) is 13.1. The zero-order chi connectivity index (χ0) is 27.7. The lowest BCUT2D eigenvalue weighted by molar-refractivity contribution is -0.127. The van der Waals surface area contributed by atoms with Gasteiger partial charge in [0.15, 0.2) is 0 Å². The summed E-state index contributed by atoms with van der Waals surface area (Å²) in [5.74, 6) is -0.959. The number of rotatable bonds is 7. The molecule has 8 nitrogen and oxygen atoms in total. The topological polar surface area (TPSA) is 120 Å². The fraction of sp³-hybridized carbons (Fsp3) is 0.467. The molecular weight excluding hydrogens is 480 g/mol. The van der Waals surface area contributed by atoms with E-state index in [1.807, 2.05) is 42.5 Å². The lowest BCUT2D eigenvalue weighted by Gasteiger charge is -2.23. The van der Waals surface area contributed by atoms with E-state index >= 15 is 0 Å². The summed E-state index contributed by atoms with van der Waals surface area (Å²) in [6.07, 6.45) is 1.09. The normalized spacial score (nSPS) is 16.9. The summed E-state index contributed by atoms with van der Waals surface area (Å²) in [4.78, 5) is 36.3. The fourth-order valence-corrected chi connectivity index (χ4v) is 4.54. The van der Waals surface area contributed by atoms with Crippen molar-refractivity contribution in [2.24, 2.45) is 11.3 Å². The standard InChI is InChI=1S/C25H26N4O4.C5H12/c26-13-17(12-16-6-5-11-27-24(16)31)29-23(30)14-28-25(32)33-15-22-20-9-3-1-7-18(20)19-8-2-4-10-21(19)22;1-5(2,3)4/h1-4,7-10,16-17,22H,5-6,11-12,14-15H2,(H,27,31)(H,28,32)(H,29,30);1-4H3/t16-,17-;/m0./s1. The van der Waals surface area contributed by atoms with Gasteiger partial charge in [-0.3, -0.25) is 9.59 Å². The van der Waals surface area contributed by atoms with Gasteiger partial charge in [0.25, 0.3) is 0 Å². The molecule has 3 amide bonds. The highest BCUT2D eigenvalue weighted by Crippen LogP contribution is 2.44. The first-order chi connectivity index (χ1) is 18.1. The molecule has 2 atom stereocenters. The van der Waals surface area contributed by atoms with Crippen LogP contribution in [0, 0.1) is 22.7 Å². The van der Waals surface area contributed by atoms with Gasteiger partial charge in [0.05, 0.1) is 6.07 Å². The molecule has 2 aliphatic rings. The molecule has 2 aromatic carbocycles. The summed E-state index contributed by atoms with van der Waals surface area (Å²) in [5.41, 5.74) is 4.98. The van der Waals surface area contributed by atoms with Crippen LogP contribution < -0.4 is 16.0 Å². The SMILES string of the molecule is CC(C)(C)C.N#C[C@H](C[C@@H]1CCCNC1=O)NC(=O)CNC(=O)OCC1c2ccccc2-c2ccccc21. The van der Waals surface area contributed by atoms with Gasteiger partial charge in [0, 0.05) is 18.4 Å². The van der Waals surface area contributed by atoms with Gasteiger partial charge in [0.1, 0.15) is 19.2 Å². The summed E-state index contributed by atoms with van der Waals surface area (Å²) in [6.45, 7) is 9.23. The number of benzene rings is 2. The predicted octanol–water partition coefficient (Wildman–Crippen LogP) is 4.50. The number of hydrogen-bond acceptors (Lipinski definition) is 5. The van der Waals surface area contributed by atoms with E-state index in [-0.39, 0.29) is 37.3 Å². The Bertz CT molecular complexity index is 1130. The number of fused-ring (bicyclic) bond motifs is 3. The molecule has 3 N–H and O–H groups in total. The molecule has 0 aromatic heterocycles. The molecular formula is C30H38N4O4. The highest BCUT2D eigenvalue weighted by molar-refractivity contribution is 5.83. The van der Waals surface area contributed by atoms with Crippen molar-refractivity contribution < 1.29 is 19.1 Å². The molecule has 1 heterocycles. The number of hydrogen-bond donors (Lipinski definition) is 3. The molecule has 0 saturated carbocycles. The van der Waals surface area contributed by atoms with Gasteiger partial charge >= 0.3 is 6.09 Å². The molecule has 0 bridgehead atoms. The van der Waals surface area contributed by atoms with Crippen molar-refractivity contribution in [3.05, 3.63) is 59.7 Å². The Morgan fingerprint density at radius 3 is 2.21 bits per heavy atom. The van der Waals surface area contributed by atoms with Crippen molar-refractivity contribution in [3.63, 3.8) is 0 Å². The van der Waals surface area contributed by atoms with E-state index in [1.54, 1.807) is 0 Å². The Labute approximate surface area is 225 Å². The molecule has 1 saturated heterocycles. The number of alkyl carbamates (subject to hydrolysis) is 1. The van der Waals surface area contributed by atoms with Gasteiger partial charge in [-0.15, -0.1) is 0 Å². The summed E-state index contributed by atoms with van der Waals surface area (Å²) in [6, 6.07) is 17.3. The second-order valence-electron chi connectivity index (χ2n) is 11.3. The van der Waals surface area contributed by atoms with Crippen LogP contribution in [0.15, 0.2) is 48.5 Å². The maximum atomic E-state index is 12.2. The second-order valence-corrected chi connectivity index (χ2v) is 11.3. The van der Waals surface area contributed by atoms with E-state index in [1.165, 1.54) is 0 Å². The molecule has 1 aliphatic heterocycles. The maximum absolute atomic E-state index is 12.2. The zero-order valence-corrected chi connectivity index (χ0v) is 22.7. The van der Waals surface area contributed by atoms with Crippen LogP contribution in [0.3, 0.4) is 0 Å². The van der Waals surface area contributed by atoms with E-state index in [2.05, 4.69) is 55.8 Å². The molecule has 8 heteroatoms. The van der Waals surface area contributed by atoms with Gasteiger partial charge in [-0.2, -0.15) is 5.26 Å². The van der Waals surface area contributed by atoms with Crippen molar-refractivity contribution in [1.29, 1.82) is 5.26 Å². The number of amides is 3. The minimum absolute atomic E-state index is 0.0680. The van der Waals surface area contributed by atoms with Crippen LogP contribution in [0.5, 0.6) is 0 Å². The van der Waals surface area contributed by atoms with Gasteiger partial charge in [-0.25, -0.2) is 4.79 Å². The highest BCUT2D eigenvalue weighted by atomic mass is 16.5. The number of piperidine rings is 1. The highest BCUT2D eigenvalue weighted by Gasteiger charge is 2.29. The number of nitrogens with one attached hydrogen (secondary N) is 3. The molecule has 0 spiro atoms. The molecule has 202 valence electrons. The Morgan fingerprint density at radius 1 is 1.08 bits per heavy atom. The van der Waals surface area contributed by atoms with E-state index in [9.17, 15) is 19.6 Å². The zero-order valence-electron chi connectivity index (χ0n) is 22.7. The molecule has 0 unspecified atom stereocenters. The quantitative estimate of drug-likeness (QED) is 0.498. The van der Waals surface area contributed by atoms with Crippen LogP contribution >= 0.6 is 0 Å². The molecule has 38 heavy (non-hydrogen) atoms. The summed E-state index contributed by atoms with van der Waals surface area (Å²) in [7, 11) is 0. The summed E-state index contributed by atoms with van der Waals surface area (Å²) >= 11 is 0. The monoisotopic (exact) mass is 518 g/mol. The molecule has 4 rings (SSSR count). The molecule has 1 aliphatic carbocycles. The van der Waals surface area contributed by atoms with Crippen LogP contribution in [-0.2, 0) is 14.3 Å². The average molecular weight is 519 g/mol. The molecule has 1 fully saturated rings. The summed E-state index contributed by atoms with van der Waals surface area (Å²) in [5, 5.41) is 17.1. The molecule has 2 aromatic rings. The third-order valence-corrected chi connectivity index (χ3v) is 6.15. The lowest BCUT2D eigenvalue weighted by atomic mass is 9.92. The van der Waals surface area contributed by atoms with Crippen LogP contribution in [0.25, 0.3) is 11.1 Å². The van der Waals surface area contributed by atoms with Crippen LogP contribution in [0.1, 0.15) is 64.0 Å². The van der Waals surface area contributed by atoms with E-state index in [0.717, 1.165) is 28.7 Å². The Morgan fingerprint density at radius 2 is 1.66 bits per heavy atom. The number of carbonyl (C=O) groups excluding carboxylic acids is 3. The molecule has 0 radical (unpaired) electrons. The van der Waals surface area contributed by atoms with E-state index in [4.69, 9.17) is 4.74 Å². The van der Waals surface area contributed by atoms with Crippen LogP contribution in [0.4, 0.5) is 4.79 Å². The number of ether oxygens (including phenoxy) is 1. The van der Waals surface area contributed by atoms with Crippen LogP contribution in [0.2, 0.25) is 0 Å². The maximum Gasteiger partial charge on any atom is 0.407 e. The first-order valence-corrected chi connectivity index (χ1v) is 13.1. The van der Waals surface area contributed by atoms with Crippen molar-refractivity contribution in [2.75, 3.05) is 19.7 Å². The Balaban J connectivity index is 0.000000732. The first kappa shape index (κ1) is 28.7. The van der Waals surface area contributed by atoms with Gasteiger partial charge in [0.2, 0.25) is 11.8 Å². The van der Waals surface area contributed by atoms with Crippen LogP contribution in [-0.4, -0.2) is 43.6 Å². The van der Waals surface area contributed by atoms with Crippen molar-refractivity contribution >= 4 is 17.9 Å². The third-order valence-electron chi connectivity index (χ3n) is 6.15. The van der Waals surface area contributed by atoms with Gasteiger partial charge in [-0.05, 0) is 46.9 Å². The lowest BCUT2D eigenvalue weighted by Crippen LogP contribution is -2.45. The third kappa shape index (κ3) is 8.34. The Hall–Kier alpha value is -3.86. The van der Waals surface area contributed by atoms with Gasteiger partial charge in [-0.1, -0.05) is 76.2 Å². The van der Waals surface area contributed by atoms with E-state index < -0.39 is 18.0 Å².